The molecule has 0 aliphatic carbocycles. The van der Waals surface area contributed by atoms with Crippen molar-refractivity contribution < 1.29 is 13.2 Å². The summed E-state index contributed by atoms with van der Waals surface area (Å²) in [5.41, 5.74) is 5.10. The van der Waals surface area contributed by atoms with Gasteiger partial charge in [0.05, 0.1) is 10.9 Å². The van der Waals surface area contributed by atoms with Gasteiger partial charge in [0.1, 0.15) is 0 Å². The minimum Gasteiger partial charge on any atom is -0.330 e. The quantitative estimate of drug-likeness (QED) is 0.798. The van der Waals surface area contributed by atoms with E-state index in [4.69, 9.17) is 5.73 Å². The van der Waals surface area contributed by atoms with Crippen molar-refractivity contribution in [2.24, 2.45) is 5.73 Å². The molecule has 124 valence electrons. The Hall–Kier alpha value is -2.60. The summed E-state index contributed by atoms with van der Waals surface area (Å²) in [6.07, 6.45) is -4.21. The maximum absolute atomic E-state index is 13.3. The topological polar surface area (TPSA) is 48.0 Å². The van der Waals surface area contributed by atoms with E-state index in [1.165, 1.54) is 16.7 Å². The average Bonchev–Trinajstić information content (AvgIpc) is 2.55. The van der Waals surface area contributed by atoms with Crippen LogP contribution in [0, 0.1) is 0 Å². The molecule has 0 bridgehead atoms. The van der Waals surface area contributed by atoms with Gasteiger partial charge in [-0.1, -0.05) is 30.3 Å². The van der Waals surface area contributed by atoms with Crippen molar-refractivity contribution in [1.82, 2.24) is 4.57 Å². The zero-order chi connectivity index (χ0) is 17.3. The lowest BCUT2D eigenvalue weighted by Crippen LogP contribution is -2.25. The third kappa shape index (κ3) is 2.80. The average molecular weight is 332 g/mol. The van der Waals surface area contributed by atoms with Gasteiger partial charge in [-0.25, -0.2) is 0 Å². The first-order valence-corrected chi connectivity index (χ1v) is 7.44. The van der Waals surface area contributed by atoms with Crippen molar-refractivity contribution in [1.29, 1.82) is 0 Å². The number of rotatable bonds is 3. The Morgan fingerprint density at radius 1 is 1.00 bits per heavy atom. The highest BCUT2D eigenvalue weighted by Crippen LogP contribution is 2.33. The van der Waals surface area contributed by atoms with Gasteiger partial charge in [0.15, 0.2) is 0 Å². The van der Waals surface area contributed by atoms with E-state index >= 15 is 0 Å². The molecule has 1 aromatic heterocycles. The van der Waals surface area contributed by atoms with Gasteiger partial charge in [-0.15, -0.1) is 0 Å². The minimum absolute atomic E-state index is 0.269. The molecule has 0 unspecified atom stereocenters. The number of nitrogens with two attached hydrogens (primary N) is 1. The zero-order valence-electron chi connectivity index (χ0n) is 12.7. The second-order valence-electron chi connectivity index (χ2n) is 5.42. The first kappa shape index (κ1) is 16.3. The highest BCUT2D eigenvalue weighted by Gasteiger charge is 2.34. The summed E-state index contributed by atoms with van der Waals surface area (Å²) in [6, 6.07) is 14.0. The lowest BCUT2D eigenvalue weighted by atomic mass is 10.0. The summed E-state index contributed by atoms with van der Waals surface area (Å²) in [5.74, 6) is 0. The standard InChI is InChI=1S/C18H15F3N2O/c19-18(20,21)15-8-4-5-12-11-14(9-10-22)23(17(24)16(12)15)13-6-2-1-3-7-13/h1-8,11H,9-10,22H2. The number of halogens is 3. The Bertz CT molecular complexity index is 931. The van der Waals surface area contributed by atoms with Crippen molar-refractivity contribution in [2.75, 3.05) is 6.54 Å². The number of benzene rings is 2. The van der Waals surface area contributed by atoms with E-state index in [9.17, 15) is 18.0 Å². The molecule has 0 saturated heterocycles. The minimum atomic E-state index is -4.59. The first-order chi connectivity index (χ1) is 11.4. The Kier molecular flexibility index (Phi) is 4.15. The molecule has 3 rings (SSSR count). The summed E-state index contributed by atoms with van der Waals surface area (Å²) in [6.45, 7) is 0.288. The fraction of sp³-hybridized carbons (Fsp3) is 0.167. The highest BCUT2D eigenvalue weighted by molar-refractivity contribution is 5.86. The van der Waals surface area contributed by atoms with Crippen LogP contribution in [0.15, 0.2) is 59.4 Å². The van der Waals surface area contributed by atoms with E-state index in [1.54, 1.807) is 36.4 Å². The van der Waals surface area contributed by atoms with Gasteiger partial charge in [-0.3, -0.25) is 9.36 Å². The third-order valence-corrected chi connectivity index (χ3v) is 3.84. The Balaban J connectivity index is 2.43. The predicted octanol–water partition coefficient (Wildman–Crippen LogP) is 3.51. The molecule has 1 heterocycles. The van der Waals surface area contributed by atoms with Crippen molar-refractivity contribution >= 4 is 10.8 Å². The largest absolute Gasteiger partial charge is 0.417 e. The molecule has 0 fully saturated rings. The van der Waals surface area contributed by atoms with Gasteiger partial charge in [-0.2, -0.15) is 13.2 Å². The number of para-hydroxylation sites is 1. The lowest BCUT2D eigenvalue weighted by molar-refractivity contribution is -0.136. The molecule has 0 aliphatic heterocycles. The van der Waals surface area contributed by atoms with Gasteiger partial charge < -0.3 is 5.73 Å². The molecule has 0 atom stereocenters. The summed E-state index contributed by atoms with van der Waals surface area (Å²) < 4.78 is 41.2. The Morgan fingerprint density at radius 3 is 2.33 bits per heavy atom. The van der Waals surface area contributed by atoms with Gasteiger partial charge in [0.25, 0.3) is 5.56 Å². The number of aromatic nitrogens is 1. The first-order valence-electron chi connectivity index (χ1n) is 7.44. The van der Waals surface area contributed by atoms with E-state index in [2.05, 4.69) is 0 Å². The van der Waals surface area contributed by atoms with Gasteiger partial charge in [-0.05, 0) is 36.2 Å². The molecular weight excluding hydrogens is 317 g/mol. The van der Waals surface area contributed by atoms with Crippen LogP contribution in [-0.4, -0.2) is 11.1 Å². The summed E-state index contributed by atoms with van der Waals surface area (Å²) in [7, 11) is 0. The molecule has 24 heavy (non-hydrogen) atoms. The molecule has 6 heteroatoms. The number of fused-ring (bicyclic) bond motifs is 1. The lowest BCUT2D eigenvalue weighted by Gasteiger charge is -2.16. The van der Waals surface area contributed by atoms with E-state index < -0.39 is 17.3 Å². The highest BCUT2D eigenvalue weighted by atomic mass is 19.4. The molecule has 2 aromatic carbocycles. The van der Waals surface area contributed by atoms with E-state index in [-0.39, 0.29) is 17.3 Å². The molecule has 2 N–H and O–H groups in total. The summed E-state index contributed by atoms with van der Waals surface area (Å²) >= 11 is 0. The van der Waals surface area contributed by atoms with Crippen molar-refractivity contribution in [3.8, 4) is 5.69 Å². The third-order valence-electron chi connectivity index (χ3n) is 3.84. The monoisotopic (exact) mass is 332 g/mol. The molecule has 0 aliphatic rings. The second kappa shape index (κ2) is 6.13. The van der Waals surface area contributed by atoms with Crippen molar-refractivity contribution in [3.05, 3.63) is 76.2 Å². The number of alkyl halides is 3. The van der Waals surface area contributed by atoms with Gasteiger partial charge in [0.2, 0.25) is 0 Å². The van der Waals surface area contributed by atoms with Gasteiger partial charge in [0, 0.05) is 17.8 Å². The molecule has 0 spiro atoms. The molecular formula is C18H15F3N2O. The Morgan fingerprint density at radius 2 is 1.71 bits per heavy atom. The van der Waals surface area contributed by atoms with Crippen LogP contribution in [0.25, 0.3) is 16.5 Å². The zero-order valence-corrected chi connectivity index (χ0v) is 12.7. The van der Waals surface area contributed by atoms with Crippen LogP contribution in [0.5, 0.6) is 0 Å². The molecule has 0 radical (unpaired) electrons. The predicted molar refractivity (Wildman–Crippen MR) is 87.3 cm³/mol. The normalized spacial score (nSPS) is 11.8. The van der Waals surface area contributed by atoms with Crippen LogP contribution < -0.4 is 11.3 Å². The maximum Gasteiger partial charge on any atom is 0.417 e. The summed E-state index contributed by atoms with van der Waals surface area (Å²) in [5, 5.41) is -0.0555. The van der Waals surface area contributed by atoms with Crippen LogP contribution in [0.1, 0.15) is 11.3 Å². The van der Waals surface area contributed by atoms with Crippen LogP contribution in [0.2, 0.25) is 0 Å². The number of hydrogen-bond acceptors (Lipinski definition) is 2. The molecule has 0 amide bonds. The molecule has 3 nitrogen and oxygen atoms in total. The number of hydrogen-bond donors (Lipinski definition) is 1. The SMILES string of the molecule is NCCc1cc2cccc(C(F)(F)F)c2c(=O)n1-c1ccccc1. The smallest absolute Gasteiger partial charge is 0.330 e. The maximum atomic E-state index is 13.3. The summed E-state index contributed by atoms with van der Waals surface area (Å²) in [4.78, 5) is 12.9. The van der Waals surface area contributed by atoms with Crippen LogP contribution >= 0.6 is 0 Å². The second-order valence-corrected chi connectivity index (χ2v) is 5.42. The van der Waals surface area contributed by atoms with Gasteiger partial charge >= 0.3 is 6.18 Å². The molecule has 3 aromatic rings. The van der Waals surface area contributed by atoms with E-state index in [0.29, 0.717) is 17.8 Å². The number of nitrogens with zero attached hydrogens (tertiary/aromatic N) is 1. The molecule has 0 saturated carbocycles. The van der Waals surface area contributed by atoms with Crippen LogP contribution in [0.4, 0.5) is 13.2 Å². The van der Waals surface area contributed by atoms with Crippen LogP contribution in [0.3, 0.4) is 0 Å². The fourth-order valence-electron chi connectivity index (χ4n) is 2.84. The fourth-order valence-corrected chi connectivity index (χ4v) is 2.84. The van der Waals surface area contributed by atoms with E-state index in [1.807, 2.05) is 0 Å². The van der Waals surface area contributed by atoms with Crippen LogP contribution in [-0.2, 0) is 12.6 Å². The Labute approximate surface area is 136 Å². The van der Waals surface area contributed by atoms with Crippen molar-refractivity contribution in [2.45, 2.75) is 12.6 Å². The van der Waals surface area contributed by atoms with Crippen molar-refractivity contribution in [3.63, 3.8) is 0 Å². The van der Waals surface area contributed by atoms with E-state index in [0.717, 1.165) is 6.07 Å². The number of pyridine rings is 1.